The van der Waals surface area contributed by atoms with Crippen LogP contribution in [0.15, 0.2) is 84.9 Å². The highest BCUT2D eigenvalue weighted by Crippen LogP contribution is 2.31. The molecule has 0 radical (unpaired) electrons. The zero-order chi connectivity index (χ0) is 15.9. The highest BCUT2D eigenvalue weighted by Gasteiger charge is 2.10. The first kappa shape index (κ1) is 15.2. The standard InChI is InChI=1S/C21H20O2/c1-17(19-12-6-3-7-13-19)23-21-15-9-8-14-20(21)22-16-18-10-4-2-5-11-18/h2-15,17H,16H2,1H3. The van der Waals surface area contributed by atoms with Crippen LogP contribution in [0.1, 0.15) is 24.2 Å². The van der Waals surface area contributed by atoms with E-state index < -0.39 is 0 Å². The lowest BCUT2D eigenvalue weighted by Crippen LogP contribution is -2.05. The fourth-order valence-electron chi connectivity index (χ4n) is 2.38. The molecule has 0 spiro atoms. The van der Waals surface area contributed by atoms with E-state index in [1.165, 1.54) is 0 Å². The molecule has 0 saturated carbocycles. The fourth-order valence-corrected chi connectivity index (χ4v) is 2.38. The van der Waals surface area contributed by atoms with Gasteiger partial charge in [-0.25, -0.2) is 0 Å². The Hall–Kier alpha value is -2.74. The number of rotatable bonds is 6. The van der Waals surface area contributed by atoms with Crippen LogP contribution in [0.5, 0.6) is 11.5 Å². The summed E-state index contributed by atoms with van der Waals surface area (Å²) in [7, 11) is 0. The topological polar surface area (TPSA) is 18.5 Å². The van der Waals surface area contributed by atoms with Crippen molar-refractivity contribution in [2.75, 3.05) is 0 Å². The van der Waals surface area contributed by atoms with Crippen LogP contribution >= 0.6 is 0 Å². The molecule has 1 atom stereocenters. The molecule has 116 valence electrons. The Bertz CT molecular complexity index is 723. The van der Waals surface area contributed by atoms with Crippen LogP contribution in [-0.4, -0.2) is 0 Å². The van der Waals surface area contributed by atoms with Gasteiger partial charge in [0.2, 0.25) is 0 Å². The minimum absolute atomic E-state index is 0.0299. The first-order chi connectivity index (χ1) is 11.3. The van der Waals surface area contributed by atoms with E-state index in [0.717, 1.165) is 22.6 Å². The van der Waals surface area contributed by atoms with Crippen LogP contribution in [0, 0.1) is 0 Å². The zero-order valence-corrected chi connectivity index (χ0v) is 13.2. The van der Waals surface area contributed by atoms with Gasteiger partial charge in [-0.15, -0.1) is 0 Å². The van der Waals surface area contributed by atoms with Crippen LogP contribution in [0.3, 0.4) is 0 Å². The summed E-state index contributed by atoms with van der Waals surface area (Å²) in [6.07, 6.45) is -0.0299. The molecule has 2 heteroatoms. The number of ether oxygens (including phenoxy) is 2. The Morgan fingerprint density at radius 1 is 0.696 bits per heavy atom. The molecule has 0 aromatic heterocycles. The number of benzene rings is 3. The van der Waals surface area contributed by atoms with Crippen molar-refractivity contribution >= 4 is 0 Å². The normalized spacial score (nSPS) is 11.7. The van der Waals surface area contributed by atoms with E-state index in [9.17, 15) is 0 Å². The largest absolute Gasteiger partial charge is 0.485 e. The summed E-state index contributed by atoms with van der Waals surface area (Å²) in [6.45, 7) is 2.57. The number of hydrogen-bond acceptors (Lipinski definition) is 2. The number of para-hydroxylation sites is 2. The van der Waals surface area contributed by atoms with Gasteiger partial charge >= 0.3 is 0 Å². The first-order valence-corrected chi connectivity index (χ1v) is 7.80. The molecule has 0 amide bonds. The van der Waals surface area contributed by atoms with Crippen molar-refractivity contribution in [3.05, 3.63) is 96.1 Å². The van der Waals surface area contributed by atoms with Crippen LogP contribution in [0.2, 0.25) is 0 Å². The van der Waals surface area contributed by atoms with Gasteiger partial charge in [0.1, 0.15) is 12.7 Å². The van der Waals surface area contributed by atoms with E-state index in [-0.39, 0.29) is 6.10 Å². The molecule has 0 fully saturated rings. The van der Waals surface area contributed by atoms with E-state index in [1.54, 1.807) is 0 Å². The average Bonchev–Trinajstić information content (AvgIpc) is 2.62. The lowest BCUT2D eigenvalue weighted by atomic mass is 10.1. The molecule has 23 heavy (non-hydrogen) atoms. The first-order valence-electron chi connectivity index (χ1n) is 7.80. The van der Waals surface area contributed by atoms with Crippen molar-refractivity contribution in [1.82, 2.24) is 0 Å². The van der Waals surface area contributed by atoms with Crippen molar-refractivity contribution in [3.63, 3.8) is 0 Å². The van der Waals surface area contributed by atoms with Crippen molar-refractivity contribution in [2.45, 2.75) is 19.6 Å². The molecular weight excluding hydrogens is 284 g/mol. The molecule has 3 aromatic rings. The second kappa shape index (κ2) is 7.50. The molecule has 0 aliphatic carbocycles. The van der Waals surface area contributed by atoms with Gasteiger partial charge in [0.15, 0.2) is 11.5 Å². The molecule has 0 bridgehead atoms. The molecule has 3 rings (SSSR count). The maximum Gasteiger partial charge on any atom is 0.162 e. The third kappa shape index (κ3) is 4.13. The third-order valence-electron chi connectivity index (χ3n) is 3.66. The van der Waals surface area contributed by atoms with Gasteiger partial charge in [-0.05, 0) is 30.2 Å². The molecule has 3 aromatic carbocycles. The summed E-state index contributed by atoms with van der Waals surface area (Å²) in [5, 5.41) is 0. The van der Waals surface area contributed by atoms with Crippen molar-refractivity contribution in [3.8, 4) is 11.5 Å². The van der Waals surface area contributed by atoms with Crippen LogP contribution in [0.25, 0.3) is 0 Å². The van der Waals surface area contributed by atoms with E-state index in [1.807, 2.05) is 67.6 Å². The van der Waals surface area contributed by atoms with Crippen molar-refractivity contribution in [2.24, 2.45) is 0 Å². The van der Waals surface area contributed by atoms with E-state index in [2.05, 4.69) is 24.3 Å². The molecular formula is C21H20O2. The van der Waals surface area contributed by atoms with Gasteiger partial charge in [-0.3, -0.25) is 0 Å². The van der Waals surface area contributed by atoms with Crippen molar-refractivity contribution in [1.29, 1.82) is 0 Å². The SMILES string of the molecule is CC(Oc1ccccc1OCc1ccccc1)c1ccccc1. The van der Waals surface area contributed by atoms with E-state index in [4.69, 9.17) is 9.47 Å². The van der Waals surface area contributed by atoms with Crippen molar-refractivity contribution < 1.29 is 9.47 Å². The van der Waals surface area contributed by atoms with E-state index in [0.29, 0.717) is 6.61 Å². The lowest BCUT2D eigenvalue weighted by molar-refractivity contribution is 0.206. The molecule has 0 aliphatic heterocycles. The second-order valence-electron chi connectivity index (χ2n) is 5.39. The van der Waals surface area contributed by atoms with Gasteiger partial charge < -0.3 is 9.47 Å². The number of hydrogen-bond donors (Lipinski definition) is 0. The highest BCUT2D eigenvalue weighted by atomic mass is 16.5. The Morgan fingerprint density at radius 3 is 1.96 bits per heavy atom. The van der Waals surface area contributed by atoms with Crippen LogP contribution in [0.4, 0.5) is 0 Å². The molecule has 0 heterocycles. The smallest absolute Gasteiger partial charge is 0.162 e. The molecule has 1 unspecified atom stereocenters. The molecule has 2 nitrogen and oxygen atoms in total. The summed E-state index contributed by atoms with van der Waals surface area (Å²) in [4.78, 5) is 0. The molecule has 0 aliphatic rings. The monoisotopic (exact) mass is 304 g/mol. The predicted molar refractivity (Wildman–Crippen MR) is 92.7 cm³/mol. The van der Waals surface area contributed by atoms with Gasteiger partial charge in [-0.2, -0.15) is 0 Å². The minimum atomic E-state index is -0.0299. The van der Waals surface area contributed by atoms with Gasteiger partial charge in [-0.1, -0.05) is 72.8 Å². The predicted octanol–water partition coefficient (Wildman–Crippen LogP) is 5.41. The fraction of sp³-hybridized carbons (Fsp3) is 0.143. The molecule has 0 N–H and O–H groups in total. The Morgan fingerprint density at radius 2 is 1.26 bits per heavy atom. The Labute approximate surface area is 137 Å². The molecule has 0 saturated heterocycles. The van der Waals surface area contributed by atoms with E-state index >= 15 is 0 Å². The summed E-state index contributed by atoms with van der Waals surface area (Å²) < 4.78 is 12.0. The van der Waals surface area contributed by atoms with Crippen LogP contribution in [-0.2, 0) is 6.61 Å². The summed E-state index contributed by atoms with van der Waals surface area (Å²) in [6, 6.07) is 28.1. The third-order valence-corrected chi connectivity index (χ3v) is 3.66. The minimum Gasteiger partial charge on any atom is -0.485 e. The Kier molecular flexibility index (Phi) is 4.95. The van der Waals surface area contributed by atoms with Crippen LogP contribution < -0.4 is 9.47 Å². The van der Waals surface area contributed by atoms with Gasteiger partial charge in [0.25, 0.3) is 0 Å². The second-order valence-corrected chi connectivity index (χ2v) is 5.39. The maximum atomic E-state index is 6.09. The summed E-state index contributed by atoms with van der Waals surface area (Å²) in [5.74, 6) is 1.53. The summed E-state index contributed by atoms with van der Waals surface area (Å²) >= 11 is 0. The van der Waals surface area contributed by atoms with Gasteiger partial charge in [0.05, 0.1) is 0 Å². The lowest BCUT2D eigenvalue weighted by Gasteiger charge is -2.18. The average molecular weight is 304 g/mol. The maximum absolute atomic E-state index is 6.09. The highest BCUT2D eigenvalue weighted by molar-refractivity contribution is 5.40. The van der Waals surface area contributed by atoms with Gasteiger partial charge in [0, 0.05) is 0 Å². The summed E-state index contributed by atoms with van der Waals surface area (Å²) in [5.41, 5.74) is 2.28. The quantitative estimate of drug-likeness (QED) is 0.606. The Balaban J connectivity index is 1.70. The zero-order valence-electron chi connectivity index (χ0n) is 13.2.